The highest BCUT2D eigenvalue weighted by atomic mass is 79.9. The second-order valence-corrected chi connectivity index (χ2v) is 5.84. The first-order chi connectivity index (χ1) is 9.38. The molecule has 0 saturated heterocycles. The predicted octanol–water partition coefficient (Wildman–Crippen LogP) is 4.46. The highest BCUT2D eigenvalue weighted by Gasteiger charge is 2.31. The molecule has 0 aliphatic heterocycles. The molecular weight excluding hydrogens is 355 g/mol. The number of carbonyl (C=O) groups excluding carboxylic acids is 1. The summed E-state index contributed by atoms with van der Waals surface area (Å²) < 4.78 is 38.2. The fraction of sp³-hybridized carbons (Fsp3) is 0.154. The standard InChI is InChI=1S/C13H9BrF3NOS/c14-11-4-3-8(13(15,16)17)6-10(11)12(19)18-7-9-2-1-5-20-9/h1-6H,7H2,(H,18,19). The Labute approximate surface area is 125 Å². The third kappa shape index (κ3) is 3.61. The molecule has 0 fully saturated rings. The predicted molar refractivity (Wildman–Crippen MR) is 74.6 cm³/mol. The molecule has 0 aliphatic rings. The lowest BCUT2D eigenvalue weighted by atomic mass is 10.1. The normalized spacial score (nSPS) is 11.4. The number of hydrogen-bond acceptors (Lipinski definition) is 2. The molecule has 1 amide bonds. The van der Waals surface area contributed by atoms with Crippen molar-refractivity contribution in [3.8, 4) is 0 Å². The van der Waals surface area contributed by atoms with Gasteiger partial charge < -0.3 is 5.32 Å². The van der Waals surface area contributed by atoms with Crippen molar-refractivity contribution in [3.05, 3.63) is 56.2 Å². The molecule has 0 radical (unpaired) electrons. The van der Waals surface area contributed by atoms with Gasteiger partial charge in [-0.1, -0.05) is 6.07 Å². The van der Waals surface area contributed by atoms with E-state index < -0.39 is 17.6 Å². The SMILES string of the molecule is O=C(NCc1cccs1)c1cc(C(F)(F)F)ccc1Br. The van der Waals surface area contributed by atoms with Crippen LogP contribution in [0.3, 0.4) is 0 Å². The monoisotopic (exact) mass is 363 g/mol. The van der Waals surface area contributed by atoms with E-state index in [0.717, 1.165) is 17.0 Å². The summed E-state index contributed by atoms with van der Waals surface area (Å²) in [5.41, 5.74) is -0.877. The summed E-state index contributed by atoms with van der Waals surface area (Å²) >= 11 is 4.56. The Hall–Kier alpha value is -1.34. The van der Waals surface area contributed by atoms with E-state index in [1.165, 1.54) is 17.4 Å². The smallest absolute Gasteiger partial charge is 0.347 e. The van der Waals surface area contributed by atoms with Gasteiger partial charge in [0.05, 0.1) is 17.7 Å². The van der Waals surface area contributed by atoms with Gasteiger partial charge in [-0.15, -0.1) is 11.3 Å². The maximum atomic E-state index is 12.6. The average Bonchev–Trinajstić information content (AvgIpc) is 2.88. The van der Waals surface area contributed by atoms with Crippen LogP contribution in [-0.4, -0.2) is 5.91 Å². The molecule has 2 rings (SSSR count). The van der Waals surface area contributed by atoms with Crippen molar-refractivity contribution >= 4 is 33.2 Å². The molecule has 0 atom stereocenters. The molecule has 0 unspecified atom stereocenters. The van der Waals surface area contributed by atoms with E-state index in [4.69, 9.17) is 0 Å². The van der Waals surface area contributed by atoms with Crippen molar-refractivity contribution in [3.63, 3.8) is 0 Å². The summed E-state index contributed by atoms with van der Waals surface area (Å²) in [7, 11) is 0. The summed E-state index contributed by atoms with van der Waals surface area (Å²) in [6, 6.07) is 6.68. The summed E-state index contributed by atoms with van der Waals surface area (Å²) in [4.78, 5) is 12.9. The number of amides is 1. The van der Waals surface area contributed by atoms with Crippen LogP contribution in [0.15, 0.2) is 40.2 Å². The average molecular weight is 364 g/mol. The van der Waals surface area contributed by atoms with Crippen LogP contribution in [0.4, 0.5) is 13.2 Å². The number of carbonyl (C=O) groups is 1. The first kappa shape index (κ1) is 15.1. The lowest BCUT2D eigenvalue weighted by Crippen LogP contribution is -2.23. The lowest BCUT2D eigenvalue weighted by Gasteiger charge is -2.10. The van der Waals surface area contributed by atoms with Crippen LogP contribution in [-0.2, 0) is 12.7 Å². The second-order valence-electron chi connectivity index (χ2n) is 3.95. The van der Waals surface area contributed by atoms with Crippen molar-refractivity contribution in [2.45, 2.75) is 12.7 Å². The number of hydrogen-bond donors (Lipinski definition) is 1. The van der Waals surface area contributed by atoms with Gasteiger partial charge >= 0.3 is 6.18 Å². The number of rotatable bonds is 3. The molecule has 20 heavy (non-hydrogen) atoms. The maximum absolute atomic E-state index is 12.6. The summed E-state index contributed by atoms with van der Waals surface area (Å²) in [5.74, 6) is -0.545. The van der Waals surface area contributed by atoms with Crippen molar-refractivity contribution < 1.29 is 18.0 Å². The molecule has 0 bridgehead atoms. The highest BCUT2D eigenvalue weighted by Crippen LogP contribution is 2.31. The maximum Gasteiger partial charge on any atom is 0.416 e. The second kappa shape index (κ2) is 5.97. The summed E-state index contributed by atoms with van der Waals surface area (Å²) in [6.07, 6.45) is -4.47. The zero-order valence-corrected chi connectivity index (χ0v) is 12.4. The molecular formula is C13H9BrF3NOS. The van der Waals surface area contributed by atoms with E-state index in [-0.39, 0.29) is 5.56 Å². The number of nitrogens with one attached hydrogen (secondary N) is 1. The van der Waals surface area contributed by atoms with E-state index in [9.17, 15) is 18.0 Å². The third-order valence-electron chi connectivity index (χ3n) is 2.54. The number of halogens is 4. The van der Waals surface area contributed by atoms with Crippen molar-refractivity contribution in [2.24, 2.45) is 0 Å². The Morgan fingerprint density at radius 2 is 2.05 bits per heavy atom. The van der Waals surface area contributed by atoms with Crippen molar-refractivity contribution in [1.82, 2.24) is 5.32 Å². The highest BCUT2D eigenvalue weighted by molar-refractivity contribution is 9.10. The van der Waals surface area contributed by atoms with Gasteiger partial charge in [-0.3, -0.25) is 4.79 Å². The molecule has 1 aromatic carbocycles. The molecule has 0 spiro atoms. The summed E-state index contributed by atoms with van der Waals surface area (Å²) in [6.45, 7) is 0.291. The Bertz CT molecular complexity index is 611. The Morgan fingerprint density at radius 3 is 2.65 bits per heavy atom. The molecule has 2 nitrogen and oxygen atoms in total. The topological polar surface area (TPSA) is 29.1 Å². The zero-order chi connectivity index (χ0) is 14.8. The molecule has 1 heterocycles. The van der Waals surface area contributed by atoms with Crippen LogP contribution >= 0.6 is 27.3 Å². The molecule has 7 heteroatoms. The Kier molecular flexibility index (Phi) is 4.49. The van der Waals surface area contributed by atoms with Crippen LogP contribution in [0.25, 0.3) is 0 Å². The van der Waals surface area contributed by atoms with Crippen LogP contribution in [0, 0.1) is 0 Å². The molecule has 1 N–H and O–H groups in total. The fourth-order valence-electron chi connectivity index (χ4n) is 1.55. The fourth-order valence-corrected chi connectivity index (χ4v) is 2.62. The van der Waals surface area contributed by atoms with Crippen molar-refractivity contribution in [1.29, 1.82) is 0 Å². The zero-order valence-electron chi connectivity index (χ0n) is 10.00. The number of thiophene rings is 1. The van der Waals surface area contributed by atoms with Gasteiger partial charge in [0.2, 0.25) is 0 Å². The van der Waals surface area contributed by atoms with Gasteiger partial charge in [0.15, 0.2) is 0 Å². The van der Waals surface area contributed by atoms with Crippen LogP contribution in [0.5, 0.6) is 0 Å². The summed E-state index contributed by atoms with van der Waals surface area (Å²) in [5, 5.41) is 4.46. The van der Waals surface area contributed by atoms with Gasteiger partial charge in [0.1, 0.15) is 0 Å². The molecule has 2 aromatic rings. The lowest BCUT2D eigenvalue weighted by molar-refractivity contribution is -0.137. The Morgan fingerprint density at radius 1 is 1.30 bits per heavy atom. The molecule has 1 aromatic heterocycles. The van der Waals surface area contributed by atoms with Gasteiger partial charge in [-0.2, -0.15) is 13.2 Å². The van der Waals surface area contributed by atoms with E-state index >= 15 is 0 Å². The molecule has 0 aliphatic carbocycles. The number of alkyl halides is 3. The van der Waals surface area contributed by atoms with E-state index in [0.29, 0.717) is 11.0 Å². The van der Waals surface area contributed by atoms with Crippen LogP contribution in [0.1, 0.15) is 20.8 Å². The first-order valence-corrected chi connectivity index (χ1v) is 7.22. The van der Waals surface area contributed by atoms with E-state index in [1.807, 2.05) is 17.5 Å². The molecule has 106 valence electrons. The van der Waals surface area contributed by atoms with Crippen molar-refractivity contribution in [2.75, 3.05) is 0 Å². The Balaban J connectivity index is 2.16. The minimum atomic E-state index is -4.47. The third-order valence-corrected chi connectivity index (χ3v) is 4.11. The number of benzene rings is 1. The van der Waals surface area contributed by atoms with Gasteiger partial charge in [-0.25, -0.2) is 0 Å². The molecule has 0 saturated carbocycles. The van der Waals surface area contributed by atoms with E-state index in [1.54, 1.807) is 0 Å². The minimum absolute atomic E-state index is 0.0311. The first-order valence-electron chi connectivity index (χ1n) is 5.55. The van der Waals surface area contributed by atoms with Crippen LogP contribution in [0.2, 0.25) is 0 Å². The van der Waals surface area contributed by atoms with Gasteiger partial charge in [0, 0.05) is 9.35 Å². The van der Waals surface area contributed by atoms with Crippen LogP contribution < -0.4 is 5.32 Å². The largest absolute Gasteiger partial charge is 0.416 e. The van der Waals surface area contributed by atoms with E-state index in [2.05, 4.69) is 21.2 Å². The van der Waals surface area contributed by atoms with Gasteiger partial charge in [-0.05, 0) is 45.6 Å². The van der Waals surface area contributed by atoms with Gasteiger partial charge in [0.25, 0.3) is 5.91 Å². The minimum Gasteiger partial charge on any atom is -0.347 e. The quantitative estimate of drug-likeness (QED) is 0.856.